The molecule has 1 N–H and O–H groups in total. The fourth-order valence-corrected chi connectivity index (χ4v) is 5.64. The zero-order valence-corrected chi connectivity index (χ0v) is 18.0. The lowest BCUT2D eigenvalue weighted by molar-refractivity contribution is -0.125. The summed E-state index contributed by atoms with van der Waals surface area (Å²) >= 11 is 1.31. The Morgan fingerprint density at radius 1 is 0.906 bits per heavy atom. The van der Waals surface area contributed by atoms with E-state index in [4.69, 9.17) is 0 Å². The van der Waals surface area contributed by atoms with E-state index in [0.717, 1.165) is 11.1 Å². The van der Waals surface area contributed by atoms with Crippen LogP contribution in [-0.4, -0.2) is 30.0 Å². The first-order chi connectivity index (χ1) is 15.6. The number of fused-ring (bicyclic) bond motifs is 2. The zero-order chi connectivity index (χ0) is 22.1. The third-order valence-corrected chi connectivity index (χ3v) is 7.10. The molecule has 6 nitrogen and oxygen atoms in total. The van der Waals surface area contributed by atoms with E-state index >= 15 is 0 Å². The van der Waals surface area contributed by atoms with Crippen LogP contribution in [0.2, 0.25) is 0 Å². The van der Waals surface area contributed by atoms with Crippen LogP contribution < -0.4 is 15.1 Å². The number of hydrogen-bond acceptors (Lipinski definition) is 4. The topological polar surface area (TPSA) is 69.7 Å². The van der Waals surface area contributed by atoms with Gasteiger partial charge in [-0.15, -0.1) is 11.8 Å². The van der Waals surface area contributed by atoms with Gasteiger partial charge in [-0.05, 0) is 23.8 Å². The maximum atomic E-state index is 13.9. The highest BCUT2D eigenvalue weighted by Crippen LogP contribution is 2.55. The molecule has 1 saturated heterocycles. The molecule has 1 spiro atoms. The van der Waals surface area contributed by atoms with Crippen molar-refractivity contribution in [1.82, 2.24) is 5.32 Å². The Kier molecular flexibility index (Phi) is 5.19. The monoisotopic (exact) mass is 443 g/mol. The number of hydrogen-bond donors (Lipinski definition) is 1. The molecule has 5 rings (SSSR count). The van der Waals surface area contributed by atoms with Crippen molar-refractivity contribution in [3.05, 3.63) is 96.1 Å². The van der Waals surface area contributed by atoms with Gasteiger partial charge in [0.25, 0.3) is 5.91 Å². The maximum absolute atomic E-state index is 13.9. The summed E-state index contributed by atoms with van der Waals surface area (Å²) < 4.78 is 0. The van der Waals surface area contributed by atoms with Gasteiger partial charge in [-0.1, -0.05) is 66.7 Å². The highest BCUT2D eigenvalue weighted by molar-refractivity contribution is 8.02. The molecule has 2 aliphatic rings. The minimum absolute atomic E-state index is 0.109. The van der Waals surface area contributed by atoms with E-state index in [0.29, 0.717) is 17.9 Å². The summed E-state index contributed by atoms with van der Waals surface area (Å²) in [5.41, 5.74) is 3.05. The van der Waals surface area contributed by atoms with E-state index in [2.05, 4.69) is 5.32 Å². The number of carbonyl (C=O) groups is 3. The summed E-state index contributed by atoms with van der Waals surface area (Å²) in [5.74, 6) is -0.453. The molecule has 2 heterocycles. The second-order valence-corrected chi connectivity index (χ2v) is 8.84. The average Bonchev–Trinajstić information content (AvgIpc) is 3.30. The number of carbonyl (C=O) groups excluding carboxylic acids is 3. The van der Waals surface area contributed by atoms with Crippen LogP contribution in [0.25, 0.3) is 0 Å². The Morgan fingerprint density at radius 3 is 2.31 bits per heavy atom. The number of rotatable bonds is 5. The minimum atomic E-state index is -1.20. The van der Waals surface area contributed by atoms with Crippen LogP contribution in [0.5, 0.6) is 0 Å². The van der Waals surface area contributed by atoms with Gasteiger partial charge in [0.05, 0.1) is 11.4 Å². The van der Waals surface area contributed by atoms with Gasteiger partial charge >= 0.3 is 0 Å². The zero-order valence-electron chi connectivity index (χ0n) is 17.2. The van der Waals surface area contributed by atoms with Crippen LogP contribution in [0.4, 0.5) is 11.4 Å². The average molecular weight is 444 g/mol. The first kappa shape index (κ1) is 20.3. The van der Waals surface area contributed by atoms with Crippen molar-refractivity contribution in [1.29, 1.82) is 0 Å². The number of anilines is 2. The lowest BCUT2D eigenvalue weighted by Gasteiger charge is -2.33. The molecule has 0 saturated carbocycles. The second kappa shape index (κ2) is 8.16. The molecule has 0 bridgehead atoms. The van der Waals surface area contributed by atoms with Crippen LogP contribution >= 0.6 is 11.8 Å². The van der Waals surface area contributed by atoms with E-state index < -0.39 is 4.87 Å². The summed E-state index contributed by atoms with van der Waals surface area (Å²) in [6, 6.07) is 26.3. The largest absolute Gasteiger partial charge is 0.350 e. The van der Waals surface area contributed by atoms with E-state index in [-0.39, 0.29) is 30.0 Å². The van der Waals surface area contributed by atoms with Crippen molar-refractivity contribution < 1.29 is 14.4 Å². The van der Waals surface area contributed by atoms with E-state index in [1.807, 2.05) is 84.9 Å². The number of para-hydroxylation sites is 2. The van der Waals surface area contributed by atoms with Crippen molar-refractivity contribution in [2.45, 2.75) is 11.4 Å². The fourth-order valence-electron chi connectivity index (χ4n) is 4.29. The molecule has 3 aromatic carbocycles. The summed E-state index contributed by atoms with van der Waals surface area (Å²) in [4.78, 5) is 41.4. The lowest BCUT2D eigenvalue weighted by Crippen LogP contribution is -2.51. The molecule has 1 fully saturated rings. The van der Waals surface area contributed by atoms with Crippen molar-refractivity contribution in [3.8, 4) is 0 Å². The van der Waals surface area contributed by atoms with Gasteiger partial charge in [-0.25, -0.2) is 0 Å². The van der Waals surface area contributed by atoms with Crippen molar-refractivity contribution in [2.75, 3.05) is 22.1 Å². The molecule has 0 unspecified atom stereocenters. The summed E-state index contributed by atoms with van der Waals surface area (Å²) in [6.45, 7) is 0.277. The first-order valence-electron chi connectivity index (χ1n) is 10.4. The Bertz CT molecular complexity index is 1190. The van der Waals surface area contributed by atoms with Gasteiger partial charge in [0.1, 0.15) is 6.54 Å². The Balaban J connectivity index is 1.46. The van der Waals surface area contributed by atoms with Crippen LogP contribution in [-0.2, 0) is 25.8 Å². The summed E-state index contributed by atoms with van der Waals surface area (Å²) in [6.07, 6.45) is 0. The third-order valence-electron chi connectivity index (χ3n) is 5.71. The number of thioether (sulfide) groups is 1. The number of amides is 3. The molecule has 7 heteroatoms. The number of nitrogens with one attached hydrogen (secondary N) is 1. The van der Waals surface area contributed by atoms with Crippen molar-refractivity contribution in [2.24, 2.45) is 0 Å². The van der Waals surface area contributed by atoms with Gasteiger partial charge in [-0.2, -0.15) is 0 Å². The normalized spacial score (nSPS) is 19.5. The van der Waals surface area contributed by atoms with Gasteiger partial charge in [0, 0.05) is 17.8 Å². The molecule has 160 valence electrons. The predicted octanol–water partition coefficient (Wildman–Crippen LogP) is 3.28. The van der Waals surface area contributed by atoms with Gasteiger partial charge in [-0.3, -0.25) is 24.2 Å². The fraction of sp³-hybridized carbons (Fsp3) is 0.160. The number of benzene rings is 3. The van der Waals surface area contributed by atoms with E-state index in [9.17, 15) is 14.4 Å². The molecule has 3 aromatic rings. The maximum Gasteiger partial charge on any atom is 0.269 e. The molecule has 0 aliphatic carbocycles. The Morgan fingerprint density at radius 2 is 1.56 bits per heavy atom. The standard InChI is InChI=1S/C25H21N3O3S/c29-22(26-15-18-9-3-1-4-10-18)16-27-21-14-8-7-13-20(21)25(24(27)31)28(23(30)17-32-25)19-11-5-2-6-12-19/h1-14H,15-17H2,(H,26,29)/t25-/m0/s1. The van der Waals surface area contributed by atoms with Gasteiger partial charge < -0.3 is 5.32 Å². The molecule has 32 heavy (non-hydrogen) atoms. The highest BCUT2D eigenvalue weighted by Gasteiger charge is 2.61. The molecular weight excluding hydrogens is 422 g/mol. The Labute approximate surface area is 190 Å². The van der Waals surface area contributed by atoms with E-state index in [1.165, 1.54) is 16.7 Å². The quantitative estimate of drug-likeness (QED) is 0.657. The molecule has 0 radical (unpaired) electrons. The predicted molar refractivity (Wildman–Crippen MR) is 125 cm³/mol. The SMILES string of the molecule is O=C(CN1C(=O)[C@@]2(SCC(=O)N2c2ccccc2)c2ccccc21)NCc1ccccc1. The van der Waals surface area contributed by atoms with Crippen molar-refractivity contribution >= 4 is 40.9 Å². The summed E-state index contributed by atoms with van der Waals surface area (Å²) in [7, 11) is 0. The van der Waals surface area contributed by atoms with Gasteiger partial charge in [0.2, 0.25) is 16.7 Å². The molecule has 0 aromatic heterocycles. The molecule has 2 aliphatic heterocycles. The molecule has 1 atom stereocenters. The minimum Gasteiger partial charge on any atom is -0.350 e. The van der Waals surface area contributed by atoms with Crippen LogP contribution in [0, 0.1) is 0 Å². The van der Waals surface area contributed by atoms with Crippen LogP contribution in [0.1, 0.15) is 11.1 Å². The third kappa shape index (κ3) is 3.26. The Hall–Kier alpha value is -3.58. The first-order valence-corrected chi connectivity index (χ1v) is 11.3. The van der Waals surface area contributed by atoms with E-state index in [1.54, 1.807) is 4.90 Å². The van der Waals surface area contributed by atoms with Crippen LogP contribution in [0.3, 0.4) is 0 Å². The molecule has 3 amide bonds. The highest BCUT2D eigenvalue weighted by atomic mass is 32.2. The second-order valence-electron chi connectivity index (χ2n) is 7.67. The van der Waals surface area contributed by atoms with Crippen molar-refractivity contribution in [3.63, 3.8) is 0 Å². The summed E-state index contributed by atoms with van der Waals surface area (Å²) in [5, 5.41) is 2.89. The number of nitrogens with zero attached hydrogens (tertiary/aromatic N) is 2. The van der Waals surface area contributed by atoms with Gasteiger partial charge in [0.15, 0.2) is 0 Å². The smallest absolute Gasteiger partial charge is 0.269 e. The lowest BCUT2D eigenvalue weighted by atomic mass is 10.0. The van der Waals surface area contributed by atoms with Crippen LogP contribution in [0.15, 0.2) is 84.9 Å². The molecular formula is C25H21N3O3S.